The molecule has 122 valence electrons. The van der Waals surface area contributed by atoms with Gasteiger partial charge in [-0.25, -0.2) is 21.9 Å². The van der Waals surface area contributed by atoms with Crippen LogP contribution in [0.2, 0.25) is 0 Å². The van der Waals surface area contributed by atoms with Crippen LogP contribution in [0.15, 0.2) is 16.3 Å². The summed E-state index contributed by atoms with van der Waals surface area (Å²) in [6, 6.07) is 1.26. The third kappa shape index (κ3) is 5.20. The summed E-state index contributed by atoms with van der Waals surface area (Å²) in [5, 5.41) is 4.49. The number of thiophene rings is 1. The maximum atomic E-state index is 12.8. The van der Waals surface area contributed by atoms with Crippen molar-refractivity contribution in [2.24, 2.45) is 0 Å². The Kier molecular flexibility index (Phi) is 6.57. The highest BCUT2D eigenvalue weighted by atomic mass is 32.2. The van der Waals surface area contributed by atoms with Crippen molar-refractivity contribution in [2.75, 3.05) is 13.1 Å². The van der Waals surface area contributed by atoms with E-state index in [1.165, 1.54) is 16.2 Å². The van der Waals surface area contributed by atoms with Gasteiger partial charge in [0, 0.05) is 11.4 Å². The summed E-state index contributed by atoms with van der Waals surface area (Å²) < 4.78 is 75.0. The predicted molar refractivity (Wildman–Crippen MR) is 72.5 cm³/mol. The van der Waals surface area contributed by atoms with Crippen molar-refractivity contribution < 1.29 is 26.0 Å². The Hall–Kier alpha value is -0.710. The Morgan fingerprint density at radius 2 is 2.05 bits per heavy atom. The largest absolute Gasteiger partial charge is 0.320 e. The third-order valence-electron chi connectivity index (χ3n) is 2.52. The van der Waals surface area contributed by atoms with Crippen molar-refractivity contribution in [3.8, 4) is 0 Å². The van der Waals surface area contributed by atoms with E-state index >= 15 is 0 Å². The zero-order chi connectivity index (χ0) is 16.1. The quantitative estimate of drug-likeness (QED) is 0.532. The summed E-state index contributed by atoms with van der Waals surface area (Å²) in [5.41, 5.74) is 0. The topological polar surface area (TPSA) is 58.2 Å². The molecular weight excluding hydrogens is 332 g/mol. The third-order valence-corrected chi connectivity index (χ3v) is 5.06. The Balaban J connectivity index is 2.77. The molecule has 0 bridgehead atoms. The minimum absolute atomic E-state index is 0.166. The lowest BCUT2D eigenvalue weighted by Crippen LogP contribution is -2.41. The highest BCUT2D eigenvalue weighted by Gasteiger charge is 2.41. The first kappa shape index (κ1) is 18.3. The van der Waals surface area contributed by atoms with Crippen molar-refractivity contribution in [2.45, 2.75) is 37.1 Å². The van der Waals surface area contributed by atoms with Gasteiger partial charge in [-0.3, -0.25) is 0 Å². The zero-order valence-electron chi connectivity index (χ0n) is 11.2. The van der Waals surface area contributed by atoms with Crippen molar-refractivity contribution in [1.82, 2.24) is 10.0 Å². The number of hydrogen-bond acceptors (Lipinski definition) is 4. The minimum atomic E-state index is -4.40. The van der Waals surface area contributed by atoms with Gasteiger partial charge in [0.2, 0.25) is 10.0 Å². The predicted octanol–water partition coefficient (Wildman–Crippen LogP) is 2.43. The van der Waals surface area contributed by atoms with Gasteiger partial charge in [-0.2, -0.15) is 8.78 Å². The fourth-order valence-corrected chi connectivity index (χ4v) is 3.88. The van der Waals surface area contributed by atoms with Gasteiger partial charge >= 0.3 is 12.3 Å². The monoisotopic (exact) mass is 348 g/mol. The lowest BCUT2D eigenvalue weighted by Gasteiger charge is -2.16. The Morgan fingerprint density at radius 3 is 2.62 bits per heavy atom. The number of nitrogens with one attached hydrogen (secondary N) is 2. The molecule has 0 aliphatic carbocycles. The van der Waals surface area contributed by atoms with Gasteiger partial charge in [-0.05, 0) is 24.4 Å². The SMILES string of the molecule is CCCNCc1sccc1S(=O)(=O)NCC(F)(F)C(F)F. The molecule has 0 atom stereocenters. The number of sulfonamides is 1. The van der Waals surface area contributed by atoms with Gasteiger partial charge in [0.25, 0.3) is 0 Å². The maximum Gasteiger partial charge on any atom is 0.320 e. The molecule has 0 saturated heterocycles. The molecular formula is C11H16F4N2O2S2. The van der Waals surface area contributed by atoms with E-state index in [0.717, 1.165) is 17.8 Å². The average molecular weight is 348 g/mol. The van der Waals surface area contributed by atoms with Crippen LogP contribution in [0.4, 0.5) is 17.6 Å². The molecule has 0 amide bonds. The number of alkyl halides is 4. The first-order valence-corrected chi connectivity index (χ1v) is 8.49. The molecule has 1 heterocycles. The molecule has 21 heavy (non-hydrogen) atoms. The second-order valence-corrected chi connectivity index (χ2v) is 7.01. The molecule has 0 spiro atoms. The van der Waals surface area contributed by atoms with Gasteiger partial charge in [0.05, 0.1) is 11.4 Å². The summed E-state index contributed by atoms with van der Waals surface area (Å²) >= 11 is 1.15. The van der Waals surface area contributed by atoms with Crippen LogP contribution in [0.5, 0.6) is 0 Å². The summed E-state index contributed by atoms with van der Waals surface area (Å²) in [4.78, 5) is 0.275. The van der Waals surface area contributed by atoms with E-state index < -0.39 is 28.9 Å². The molecule has 2 N–H and O–H groups in total. The van der Waals surface area contributed by atoms with Crippen LogP contribution in [0.25, 0.3) is 0 Å². The summed E-state index contributed by atoms with van der Waals surface area (Å²) in [5.74, 6) is -4.40. The molecule has 4 nitrogen and oxygen atoms in total. The van der Waals surface area contributed by atoms with Crippen LogP contribution in [0.3, 0.4) is 0 Å². The molecule has 1 aromatic heterocycles. The smallest absolute Gasteiger partial charge is 0.312 e. The molecule has 0 unspecified atom stereocenters. The van der Waals surface area contributed by atoms with Crippen LogP contribution >= 0.6 is 11.3 Å². The molecule has 10 heteroatoms. The summed E-state index contributed by atoms with van der Waals surface area (Å²) in [6.45, 7) is 1.25. The van der Waals surface area contributed by atoms with E-state index in [9.17, 15) is 26.0 Å². The Bertz CT molecular complexity index is 546. The normalized spacial score (nSPS) is 13.0. The maximum absolute atomic E-state index is 12.8. The van der Waals surface area contributed by atoms with E-state index in [-0.39, 0.29) is 11.4 Å². The summed E-state index contributed by atoms with van der Waals surface area (Å²) in [7, 11) is -4.24. The number of halogens is 4. The standard InChI is InChI=1S/C11H16F4N2O2S2/c1-2-4-16-6-8-9(3-5-20-8)21(18,19)17-7-11(14,15)10(12)13/h3,5,10,16-17H,2,4,6-7H2,1H3. The van der Waals surface area contributed by atoms with Crippen molar-refractivity contribution in [1.29, 1.82) is 0 Å². The zero-order valence-corrected chi connectivity index (χ0v) is 12.8. The van der Waals surface area contributed by atoms with E-state index in [4.69, 9.17) is 0 Å². The van der Waals surface area contributed by atoms with E-state index in [2.05, 4.69) is 5.32 Å². The molecule has 0 saturated carbocycles. The van der Waals surface area contributed by atoms with Crippen LogP contribution in [-0.4, -0.2) is 33.9 Å². The van der Waals surface area contributed by atoms with Crippen LogP contribution in [-0.2, 0) is 16.6 Å². The minimum Gasteiger partial charge on any atom is -0.312 e. The molecule has 0 fully saturated rings. The molecule has 0 aromatic carbocycles. The van der Waals surface area contributed by atoms with Gasteiger partial charge in [-0.1, -0.05) is 6.92 Å². The van der Waals surface area contributed by atoms with E-state index in [0.29, 0.717) is 11.4 Å². The highest BCUT2D eigenvalue weighted by molar-refractivity contribution is 7.89. The lowest BCUT2D eigenvalue weighted by atomic mass is 10.4. The molecule has 0 radical (unpaired) electrons. The van der Waals surface area contributed by atoms with E-state index in [1.807, 2.05) is 6.92 Å². The average Bonchev–Trinajstić information content (AvgIpc) is 2.86. The van der Waals surface area contributed by atoms with Crippen LogP contribution in [0.1, 0.15) is 18.2 Å². The van der Waals surface area contributed by atoms with Crippen molar-refractivity contribution >= 4 is 21.4 Å². The van der Waals surface area contributed by atoms with Gasteiger partial charge in [0.15, 0.2) is 0 Å². The second-order valence-electron chi connectivity index (χ2n) is 4.27. The Morgan fingerprint density at radius 1 is 1.38 bits per heavy atom. The van der Waals surface area contributed by atoms with Gasteiger partial charge in [-0.15, -0.1) is 11.3 Å². The Labute approximate surface area is 124 Å². The first-order valence-electron chi connectivity index (χ1n) is 6.13. The molecule has 0 aliphatic heterocycles. The fourth-order valence-electron chi connectivity index (χ4n) is 1.42. The van der Waals surface area contributed by atoms with E-state index in [1.54, 1.807) is 0 Å². The fraction of sp³-hybridized carbons (Fsp3) is 0.636. The van der Waals surface area contributed by atoms with Gasteiger partial charge < -0.3 is 5.32 Å². The van der Waals surface area contributed by atoms with Gasteiger partial charge in [0.1, 0.15) is 0 Å². The number of rotatable bonds is 9. The lowest BCUT2D eigenvalue weighted by molar-refractivity contribution is -0.122. The van der Waals surface area contributed by atoms with Crippen LogP contribution < -0.4 is 10.0 Å². The number of hydrogen-bond donors (Lipinski definition) is 2. The highest BCUT2D eigenvalue weighted by Crippen LogP contribution is 2.25. The summed E-state index contributed by atoms with van der Waals surface area (Å²) in [6.07, 6.45) is -3.07. The van der Waals surface area contributed by atoms with Crippen LogP contribution in [0, 0.1) is 0 Å². The van der Waals surface area contributed by atoms with Crippen molar-refractivity contribution in [3.63, 3.8) is 0 Å². The second kappa shape index (κ2) is 7.52. The molecule has 1 aromatic rings. The molecule has 1 rings (SSSR count). The van der Waals surface area contributed by atoms with Crippen molar-refractivity contribution in [3.05, 3.63) is 16.3 Å². The molecule has 0 aliphatic rings. The first-order chi connectivity index (χ1) is 9.70.